The second-order valence-electron chi connectivity index (χ2n) is 3.17. The summed E-state index contributed by atoms with van der Waals surface area (Å²) in [6.07, 6.45) is 1.58. The minimum Gasteiger partial charge on any atom is -0.466 e. The number of halogens is 3. The Balaban J connectivity index is 2.10. The van der Waals surface area contributed by atoms with E-state index in [9.17, 15) is 4.39 Å². The maximum Gasteiger partial charge on any atom is 0.146 e. The van der Waals surface area contributed by atoms with Crippen LogP contribution in [0.3, 0.4) is 0 Å². The topological polar surface area (TPSA) is 25.2 Å². The van der Waals surface area contributed by atoms with Gasteiger partial charge in [0, 0.05) is 4.47 Å². The van der Waals surface area contributed by atoms with Crippen LogP contribution in [0, 0.1) is 5.82 Å². The summed E-state index contributed by atoms with van der Waals surface area (Å²) in [4.78, 5) is 0. The molecule has 0 unspecified atom stereocenters. The fraction of sp³-hybridized carbons (Fsp3) is 0.0909. The van der Waals surface area contributed by atoms with Crippen molar-refractivity contribution in [2.45, 2.75) is 6.54 Å². The molecule has 0 saturated carbocycles. The zero-order valence-corrected chi connectivity index (χ0v) is 11.3. The molecule has 84 valence electrons. The lowest BCUT2D eigenvalue weighted by molar-refractivity contribution is 0.515. The van der Waals surface area contributed by atoms with Crippen LogP contribution in [0.4, 0.5) is 10.1 Å². The molecule has 5 heteroatoms. The molecule has 16 heavy (non-hydrogen) atoms. The van der Waals surface area contributed by atoms with Crippen LogP contribution in [0.2, 0.25) is 0 Å². The second-order valence-corrected chi connectivity index (χ2v) is 4.94. The van der Waals surface area contributed by atoms with E-state index in [2.05, 4.69) is 37.2 Å². The molecule has 0 spiro atoms. The molecule has 0 fully saturated rings. The van der Waals surface area contributed by atoms with Crippen molar-refractivity contribution in [3.05, 3.63) is 51.1 Å². The predicted octanol–water partition coefficient (Wildman–Crippen LogP) is 4.56. The number of hydrogen-bond acceptors (Lipinski definition) is 2. The fourth-order valence-corrected chi connectivity index (χ4v) is 1.96. The molecule has 1 aromatic heterocycles. The maximum atomic E-state index is 13.4. The summed E-state index contributed by atoms with van der Waals surface area (Å²) >= 11 is 6.63. The van der Waals surface area contributed by atoms with E-state index in [4.69, 9.17) is 4.42 Å². The van der Waals surface area contributed by atoms with Gasteiger partial charge in [-0.05, 0) is 40.2 Å². The van der Waals surface area contributed by atoms with Gasteiger partial charge in [-0.3, -0.25) is 0 Å². The fourth-order valence-electron chi connectivity index (χ4n) is 1.26. The lowest BCUT2D eigenvalue weighted by atomic mass is 10.3. The highest BCUT2D eigenvalue weighted by molar-refractivity contribution is 9.10. The van der Waals surface area contributed by atoms with Crippen LogP contribution in [0.15, 0.2) is 43.9 Å². The molecular weight excluding hydrogens is 341 g/mol. The number of benzene rings is 1. The Morgan fingerprint density at radius 2 is 2.06 bits per heavy atom. The van der Waals surface area contributed by atoms with E-state index in [1.807, 2.05) is 0 Å². The first-order chi connectivity index (χ1) is 7.66. The third-order valence-corrected chi connectivity index (χ3v) is 3.26. The first kappa shape index (κ1) is 11.7. The molecule has 1 aromatic carbocycles. The third-order valence-electron chi connectivity index (χ3n) is 2.06. The zero-order valence-electron chi connectivity index (χ0n) is 8.14. The van der Waals surface area contributed by atoms with Crippen molar-refractivity contribution in [1.82, 2.24) is 0 Å². The summed E-state index contributed by atoms with van der Waals surface area (Å²) in [6, 6.07) is 6.55. The molecule has 0 saturated heterocycles. The Morgan fingerprint density at radius 1 is 1.25 bits per heavy atom. The Morgan fingerprint density at radius 3 is 2.75 bits per heavy atom. The van der Waals surface area contributed by atoms with Crippen LogP contribution in [-0.4, -0.2) is 0 Å². The van der Waals surface area contributed by atoms with Crippen LogP contribution < -0.4 is 5.32 Å². The van der Waals surface area contributed by atoms with Crippen molar-refractivity contribution in [2.24, 2.45) is 0 Å². The van der Waals surface area contributed by atoms with Gasteiger partial charge in [0.05, 0.1) is 23.0 Å². The van der Waals surface area contributed by atoms with E-state index >= 15 is 0 Å². The SMILES string of the molecule is Fc1ccc(Br)cc1NCc1occc1Br. The van der Waals surface area contributed by atoms with Crippen molar-refractivity contribution in [1.29, 1.82) is 0 Å². The molecule has 0 amide bonds. The van der Waals surface area contributed by atoms with E-state index in [0.29, 0.717) is 12.2 Å². The number of rotatable bonds is 3. The number of nitrogens with one attached hydrogen (secondary N) is 1. The molecule has 0 bridgehead atoms. The summed E-state index contributed by atoms with van der Waals surface area (Å²) in [6.45, 7) is 0.432. The first-order valence-electron chi connectivity index (χ1n) is 4.57. The number of hydrogen-bond donors (Lipinski definition) is 1. The quantitative estimate of drug-likeness (QED) is 0.879. The van der Waals surface area contributed by atoms with Crippen molar-refractivity contribution in [2.75, 3.05) is 5.32 Å². The largest absolute Gasteiger partial charge is 0.466 e. The van der Waals surface area contributed by atoms with Crippen LogP contribution in [0.25, 0.3) is 0 Å². The van der Waals surface area contributed by atoms with Crippen molar-refractivity contribution in [3.8, 4) is 0 Å². The lowest BCUT2D eigenvalue weighted by Crippen LogP contribution is -2.00. The van der Waals surface area contributed by atoms with Crippen LogP contribution in [0.5, 0.6) is 0 Å². The van der Waals surface area contributed by atoms with Gasteiger partial charge in [-0.25, -0.2) is 4.39 Å². The lowest BCUT2D eigenvalue weighted by Gasteiger charge is -2.06. The van der Waals surface area contributed by atoms with Crippen molar-refractivity contribution < 1.29 is 8.81 Å². The molecule has 0 radical (unpaired) electrons. The van der Waals surface area contributed by atoms with Gasteiger partial charge in [-0.1, -0.05) is 15.9 Å². The van der Waals surface area contributed by atoms with E-state index in [-0.39, 0.29) is 5.82 Å². The molecule has 1 heterocycles. The van der Waals surface area contributed by atoms with Crippen LogP contribution in [0.1, 0.15) is 5.76 Å². The molecule has 0 aliphatic rings. The van der Waals surface area contributed by atoms with Gasteiger partial charge < -0.3 is 9.73 Å². The number of furan rings is 1. The average Bonchev–Trinajstić information content (AvgIpc) is 2.66. The molecule has 0 atom stereocenters. The van der Waals surface area contributed by atoms with Crippen LogP contribution in [-0.2, 0) is 6.54 Å². The molecule has 1 N–H and O–H groups in total. The zero-order chi connectivity index (χ0) is 11.5. The summed E-state index contributed by atoms with van der Waals surface area (Å²) < 4.78 is 20.3. The van der Waals surface area contributed by atoms with Gasteiger partial charge in [-0.2, -0.15) is 0 Å². The molecule has 0 aliphatic heterocycles. The third kappa shape index (κ3) is 2.65. The normalized spacial score (nSPS) is 10.4. The number of anilines is 1. The predicted molar refractivity (Wildman–Crippen MR) is 67.8 cm³/mol. The van der Waals surface area contributed by atoms with Crippen molar-refractivity contribution >= 4 is 37.5 Å². The van der Waals surface area contributed by atoms with Gasteiger partial charge in [0.2, 0.25) is 0 Å². The summed E-state index contributed by atoms with van der Waals surface area (Å²) in [5, 5.41) is 2.97. The molecule has 0 aliphatic carbocycles. The van der Waals surface area contributed by atoms with Gasteiger partial charge in [-0.15, -0.1) is 0 Å². The Kier molecular flexibility index (Phi) is 3.66. The first-order valence-corrected chi connectivity index (χ1v) is 6.16. The van der Waals surface area contributed by atoms with Gasteiger partial charge >= 0.3 is 0 Å². The highest BCUT2D eigenvalue weighted by atomic mass is 79.9. The molecule has 2 rings (SSSR count). The maximum absolute atomic E-state index is 13.4. The smallest absolute Gasteiger partial charge is 0.146 e. The van der Waals surface area contributed by atoms with Crippen molar-refractivity contribution in [3.63, 3.8) is 0 Å². The minimum absolute atomic E-state index is 0.286. The Hall–Kier alpha value is -0.810. The van der Waals surface area contributed by atoms with E-state index in [1.54, 1.807) is 24.5 Å². The molecule has 2 nitrogen and oxygen atoms in total. The summed E-state index contributed by atoms with van der Waals surface area (Å²) in [5.74, 6) is 0.449. The van der Waals surface area contributed by atoms with Gasteiger partial charge in [0.25, 0.3) is 0 Å². The van der Waals surface area contributed by atoms with E-state index in [0.717, 1.165) is 14.7 Å². The highest BCUT2D eigenvalue weighted by Crippen LogP contribution is 2.23. The second kappa shape index (κ2) is 5.01. The van der Waals surface area contributed by atoms with Crippen LogP contribution >= 0.6 is 31.9 Å². The average molecular weight is 349 g/mol. The standard InChI is InChI=1S/C11H8Br2FNO/c12-7-1-2-9(14)10(5-7)15-6-11-8(13)3-4-16-11/h1-5,15H,6H2. The monoisotopic (exact) mass is 347 g/mol. The van der Waals surface area contributed by atoms with Gasteiger partial charge in [0.15, 0.2) is 0 Å². The summed E-state index contributed by atoms with van der Waals surface area (Å²) in [7, 11) is 0. The summed E-state index contributed by atoms with van der Waals surface area (Å²) in [5.41, 5.74) is 0.442. The van der Waals surface area contributed by atoms with E-state index in [1.165, 1.54) is 6.07 Å². The highest BCUT2D eigenvalue weighted by Gasteiger charge is 2.06. The molecular formula is C11H8Br2FNO. The van der Waals surface area contributed by atoms with Gasteiger partial charge in [0.1, 0.15) is 11.6 Å². The Bertz CT molecular complexity index is 498. The minimum atomic E-state index is -0.286. The Labute approximate surface area is 109 Å². The van der Waals surface area contributed by atoms with E-state index < -0.39 is 0 Å². The molecule has 2 aromatic rings.